The van der Waals surface area contributed by atoms with Gasteiger partial charge in [0.2, 0.25) is 5.91 Å². The van der Waals surface area contributed by atoms with Crippen LogP contribution >= 0.6 is 0 Å². The molecule has 0 radical (unpaired) electrons. The van der Waals surface area contributed by atoms with Crippen molar-refractivity contribution in [2.75, 3.05) is 38.3 Å². The molecule has 2 heterocycles. The second kappa shape index (κ2) is 6.89. The van der Waals surface area contributed by atoms with Crippen LogP contribution in [0.15, 0.2) is 24.3 Å². The van der Waals surface area contributed by atoms with E-state index in [1.54, 1.807) is 4.90 Å². The Morgan fingerprint density at radius 2 is 1.91 bits per heavy atom. The molecule has 2 aliphatic heterocycles. The quantitative estimate of drug-likeness (QED) is 0.919. The van der Waals surface area contributed by atoms with E-state index >= 15 is 0 Å². The molecule has 126 valence electrons. The molecule has 23 heavy (non-hydrogen) atoms. The molecule has 0 aliphatic carbocycles. The average molecular weight is 317 g/mol. The van der Waals surface area contributed by atoms with Crippen molar-refractivity contribution >= 4 is 11.6 Å². The van der Waals surface area contributed by atoms with Crippen molar-refractivity contribution in [1.82, 2.24) is 4.90 Å². The zero-order chi connectivity index (χ0) is 16.3. The summed E-state index contributed by atoms with van der Waals surface area (Å²) < 4.78 is 5.34. The normalized spacial score (nSPS) is 20.5. The lowest BCUT2D eigenvalue weighted by Gasteiger charge is -2.35. The lowest BCUT2D eigenvalue weighted by molar-refractivity contribution is -0.139. The predicted octanol–water partition coefficient (Wildman–Crippen LogP) is 1.75. The van der Waals surface area contributed by atoms with Gasteiger partial charge in [0.1, 0.15) is 0 Å². The van der Waals surface area contributed by atoms with E-state index in [2.05, 4.69) is 23.1 Å². The molecule has 0 saturated carbocycles. The molecule has 0 atom stereocenters. The molecule has 3 rings (SSSR count). The topological polar surface area (TPSA) is 58.8 Å². The Bertz CT molecular complexity index is 549. The Balaban J connectivity index is 1.72. The SMILES string of the molecule is CN(Cc1ccccc1N1CCCC1)C(=O)C1(N)CCOCC1. The number of nitrogens with two attached hydrogens (primary N) is 1. The van der Waals surface area contributed by atoms with Crippen LogP contribution < -0.4 is 10.6 Å². The first kappa shape index (κ1) is 16.3. The summed E-state index contributed by atoms with van der Waals surface area (Å²) in [4.78, 5) is 17.0. The summed E-state index contributed by atoms with van der Waals surface area (Å²) in [5.74, 6) is 0.0250. The van der Waals surface area contributed by atoms with Gasteiger partial charge in [0, 0.05) is 45.6 Å². The second-order valence-electron chi connectivity index (χ2n) is 6.75. The number of amides is 1. The molecule has 5 nitrogen and oxygen atoms in total. The molecule has 0 spiro atoms. The number of hydrogen-bond donors (Lipinski definition) is 1. The van der Waals surface area contributed by atoms with E-state index in [-0.39, 0.29) is 5.91 Å². The number of hydrogen-bond acceptors (Lipinski definition) is 4. The largest absolute Gasteiger partial charge is 0.381 e. The van der Waals surface area contributed by atoms with E-state index in [9.17, 15) is 4.79 Å². The van der Waals surface area contributed by atoms with Gasteiger partial charge in [0.15, 0.2) is 0 Å². The minimum absolute atomic E-state index is 0.0250. The first-order chi connectivity index (χ1) is 11.1. The van der Waals surface area contributed by atoms with Crippen molar-refractivity contribution in [1.29, 1.82) is 0 Å². The van der Waals surface area contributed by atoms with Gasteiger partial charge in [-0.1, -0.05) is 18.2 Å². The molecule has 5 heteroatoms. The van der Waals surface area contributed by atoms with Crippen LogP contribution in [0.3, 0.4) is 0 Å². The zero-order valence-corrected chi connectivity index (χ0v) is 14.0. The summed E-state index contributed by atoms with van der Waals surface area (Å²) in [7, 11) is 1.85. The fourth-order valence-electron chi connectivity index (χ4n) is 3.57. The number of benzene rings is 1. The molecular weight excluding hydrogens is 290 g/mol. The first-order valence-corrected chi connectivity index (χ1v) is 8.55. The number of anilines is 1. The van der Waals surface area contributed by atoms with Crippen LogP contribution in [0, 0.1) is 0 Å². The van der Waals surface area contributed by atoms with E-state index in [0.29, 0.717) is 32.6 Å². The van der Waals surface area contributed by atoms with Gasteiger partial charge in [-0.25, -0.2) is 0 Å². The maximum Gasteiger partial charge on any atom is 0.242 e. The highest BCUT2D eigenvalue weighted by molar-refractivity contribution is 5.86. The van der Waals surface area contributed by atoms with E-state index in [0.717, 1.165) is 13.1 Å². The third kappa shape index (κ3) is 3.51. The van der Waals surface area contributed by atoms with E-state index in [1.807, 2.05) is 13.1 Å². The van der Waals surface area contributed by atoms with Gasteiger partial charge in [-0.05, 0) is 37.3 Å². The minimum Gasteiger partial charge on any atom is -0.381 e. The molecule has 1 amide bonds. The Labute approximate surface area is 138 Å². The number of likely N-dealkylation sites (N-methyl/N-ethyl adjacent to an activating group) is 1. The number of para-hydroxylation sites is 1. The number of ether oxygens (including phenoxy) is 1. The lowest BCUT2D eigenvalue weighted by Crippen LogP contribution is -2.57. The standard InChI is InChI=1S/C18H27N3O2/c1-20(17(22)18(19)8-12-23-13-9-18)14-15-6-2-3-7-16(15)21-10-4-5-11-21/h2-3,6-7H,4-5,8-14,19H2,1H3. The third-order valence-electron chi connectivity index (χ3n) is 5.00. The van der Waals surface area contributed by atoms with Gasteiger partial charge < -0.3 is 20.3 Å². The Morgan fingerprint density at radius 3 is 2.61 bits per heavy atom. The number of rotatable bonds is 4. The molecule has 2 N–H and O–H groups in total. The van der Waals surface area contributed by atoms with Crippen LogP contribution in [-0.2, 0) is 16.1 Å². The van der Waals surface area contributed by atoms with Crippen molar-refractivity contribution < 1.29 is 9.53 Å². The lowest BCUT2D eigenvalue weighted by atomic mass is 9.89. The minimum atomic E-state index is -0.768. The highest BCUT2D eigenvalue weighted by Crippen LogP contribution is 2.27. The van der Waals surface area contributed by atoms with Gasteiger partial charge in [-0.2, -0.15) is 0 Å². The van der Waals surface area contributed by atoms with Gasteiger partial charge in [0.05, 0.1) is 5.54 Å². The van der Waals surface area contributed by atoms with E-state index in [4.69, 9.17) is 10.5 Å². The van der Waals surface area contributed by atoms with Crippen molar-refractivity contribution in [2.45, 2.75) is 37.8 Å². The summed E-state index contributed by atoms with van der Waals surface area (Å²) in [5, 5.41) is 0. The van der Waals surface area contributed by atoms with Gasteiger partial charge in [-0.15, -0.1) is 0 Å². The van der Waals surface area contributed by atoms with Crippen LogP contribution in [0.25, 0.3) is 0 Å². The predicted molar refractivity (Wildman–Crippen MR) is 91.3 cm³/mol. The smallest absolute Gasteiger partial charge is 0.242 e. The molecule has 1 aromatic carbocycles. The molecule has 0 unspecified atom stereocenters. The van der Waals surface area contributed by atoms with Crippen molar-refractivity contribution in [3.63, 3.8) is 0 Å². The highest BCUT2D eigenvalue weighted by atomic mass is 16.5. The summed E-state index contributed by atoms with van der Waals surface area (Å²) >= 11 is 0. The Hall–Kier alpha value is -1.59. The number of carbonyl (C=O) groups excluding carboxylic acids is 1. The summed E-state index contributed by atoms with van der Waals surface area (Å²) in [6.45, 7) is 3.95. The van der Waals surface area contributed by atoms with Gasteiger partial charge in [0.25, 0.3) is 0 Å². The van der Waals surface area contributed by atoms with Crippen LogP contribution in [0.1, 0.15) is 31.2 Å². The van der Waals surface area contributed by atoms with Crippen LogP contribution in [0.5, 0.6) is 0 Å². The van der Waals surface area contributed by atoms with Crippen LogP contribution in [0.2, 0.25) is 0 Å². The monoisotopic (exact) mass is 317 g/mol. The molecule has 0 aromatic heterocycles. The van der Waals surface area contributed by atoms with Crippen LogP contribution in [0.4, 0.5) is 5.69 Å². The molecule has 0 bridgehead atoms. The Kier molecular flexibility index (Phi) is 4.87. The fourth-order valence-corrected chi connectivity index (χ4v) is 3.57. The second-order valence-corrected chi connectivity index (χ2v) is 6.75. The van der Waals surface area contributed by atoms with E-state index < -0.39 is 5.54 Å². The first-order valence-electron chi connectivity index (χ1n) is 8.55. The van der Waals surface area contributed by atoms with Gasteiger partial charge in [-0.3, -0.25) is 4.79 Å². The molecular formula is C18H27N3O2. The third-order valence-corrected chi connectivity index (χ3v) is 5.00. The molecule has 2 aliphatic rings. The highest BCUT2D eigenvalue weighted by Gasteiger charge is 2.38. The zero-order valence-electron chi connectivity index (χ0n) is 14.0. The summed E-state index contributed by atoms with van der Waals surface area (Å²) in [6.07, 6.45) is 3.69. The molecule has 2 saturated heterocycles. The maximum atomic E-state index is 12.8. The van der Waals surface area contributed by atoms with Crippen molar-refractivity contribution in [2.24, 2.45) is 5.73 Å². The van der Waals surface area contributed by atoms with Crippen molar-refractivity contribution in [3.05, 3.63) is 29.8 Å². The summed E-state index contributed by atoms with van der Waals surface area (Å²) in [5.41, 5.74) is 8.02. The van der Waals surface area contributed by atoms with Crippen LogP contribution in [-0.4, -0.2) is 49.7 Å². The molecule has 1 aromatic rings. The van der Waals surface area contributed by atoms with Gasteiger partial charge >= 0.3 is 0 Å². The molecule has 2 fully saturated rings. The summed E-state index contributed by atoms with van der Waals surface area (Å²) in [6, 6.07) is 8.39. The maximum absolute atomic E-state index is 12.8. The average Bonchev–Trinajstić information content (AvgIpc) is 3.09. The van der Waals surface area contributed by atoms with E-state index in [1.165, 1.54) is 24.1 Å². The number of nitrogens with zero attached hydrogens (tertiary/aromatic N) is 2. The fraction of sp³-hybridized carbons (Fsp3) is 0.611. The Morgan fingerprint density at radius 1 is 1.26 bits per heavy atom. The number of carbonyl (C=O) groups is 1. The van der Waals surface area contributed by atoms with Crippen molar-refractivity contribution in [3.8, 4) is 0 Å².